The van der Waals surface area contributed by atoms with Crippen molar-refractivity contribution in [3.05, 3.63) is 94.8 Å². The van der Waals surface area contributed by atoms with Crippen molar-refractivity contribution in [1.29, 1.82) is 0 Å². The van der Waals surface area contributed by atoms with Gasteiger partial charge in [-0.25, -0.2) is 4.98 Å². The summed E-state index contributed by atoms with van der Waals surface area (Å²) in [5.74, 6) is -0.454. The molecule has 1 aromatic heterocycles. The third-order valence-electron chi connectivity index (χ3n) is 4.97. The Kier molecular flexibility index (Phi) is 6.17. The number of carbonyl (C=O) groups excluding carboxylic acids is 2. The normalized spacial score (nSPS) is 11.6. The summed E-state index contributed by atoms with van der Waals surface area (Å²) < 4.78 is 11.5. The lowest BCUT2D eigenvalue weighted by Crippen LogP contribution is -2.38. The van der Waals surface area contributed by atoms with Crippen LogP contribution in [0, 0.1) is 0 Å². The predicted molar refractivity (Wildman–Crippen MR) is 123 cm³/mol. The molecule has 0 aliphatic heterocycles. The van der Waals surface area contributed by atoms with Crippen molar-refractivity contribution >= 4 is 22.8 Å². The number of rotatable bonds is 6. The summed E-state index contributed by atoms with van der Waals surface area (Å²) in [4.78, 5) is 42.9. The van der Waals surface area contributed by atoms with E-state index in [-0.39, 0.29) is 5.82 Å². The molecule has 1 atom stereocenters. The van der Waals surface area contributed by atoms with E-state index in [0.29, 0.717) is 27.8 Å². The number of esters is 1. The van der Waals surface area contributed by atoms with Crippen LogP contribution in [0.4, 0.5) is 0 Å². The first-order chi connectivity index (χ1) is 16.0. The van der Waals surface area contributed by atoms with Crippen molar-refractivity contribution in [2.75, 3.05) is 12.5 Å². The van der Waals surface area contributed by atoms with Gasteiger partial charge in [-0.1, -0.05) is 42.5 Å². The number of ether oxygens (including phenoxy) is 2. The van der Waals surface area contributed by atoms with Gasteiger partial charge in [0.1, 0.15) is 5.75 Å². The van der Waals surface area contributed by atoms with E-state index in [1.165, 1.54) is 6.92 Å². The molecule has 0 aliphatic carbocycles. The summed E-state index contributed by atoms with van der Waals surface area (Å²) in [6.07, 6.45) is -1.24. The topological polar surface area (TPSA) is 99.5 Å². The Bertz CT molecular complexity index is 1360. The van der Waals surface area contributed by atoms with Crippen LogP contribution >= 0.6 is 0 Å². The van der Waals surface area contributed by atoms with Gasteiger partial charge >= 0.3 is 5.97 Å². The average molecular weight is 443 g/mol. The minimum absolute atomic E-state index is 0.226. The van der Waals surface area contributed by atoms with Gasteiger partial charge in [-0.15, -0.1) is 0 Å². The van der Waals surface area contributed by atoms with E-state index in [0.717, 1.165) is 4.68 Å². The van der Waals surface area contributed by atoms with Crippen LogP contribution in [-0.4, -0.2) is 28.6 Å². The maximum Gasteiger partial charge on any atom is 0.303 e. The van der Waals surface area contributed by atoms with Crippen LogP contribution in [0.15, 0.2) is 83.7 Å². The van der Waals surface area contributed by atoms with E-state index < -0.39 is 23.5 Å². The summed E-state index contributed by atoms with van der Waals surface area (Å²) in [6, 6.07) is 22.4. The molecule has 4 aromatic rings. The van der Waals surface area contributed by atoms with Crippen molar-refractivity contribution in [1.82, 2.24) is 9.66 Å². The summed E-state index contributed by atoms with van der Waals surface area (Å²) in [5.41, 5.74) is 3.67. The Balaban J connectivity index is 1.82. The minimum atomic E-state index is -1.24. The molecule has 8 nitrogen and oxygen atoms in total. The Hall–Kier alpha value is -4.46. The highest BCUT2D eigenvalue weighted by atomic mass is 16.5. The number of carbonyl (C=O) groups is 2. The number of hydrogen-bond acceptors (Lipinski definition) is 6. The third-order valence-corrected chi connectivity index (χ3v) is 4.97. The molecule has 0 radical (unpaired) electrons. The highest BCUT2D eigenvalue weighted by Gasteiger charge is 2.26. The first-order valence-corrected chi connectivity index (χ1v) is 10.2. The van der Waals surface area contributed by atoms with E-state index in [1.54, 1.807) is 86.0 Å². The summed E-state index contributed by atoms with van der Waals surface area (Å²) in [7, 11) is 1.55. The number of para-hydroxylation sites is 1. The zero-order chi connectivity index (χ0) is 23.4. The number of methoxy groups -OCH3 is 1. The molecule has 0 aliphatic rings. The minimum Gasteiger partial charge on any atom is -0.497 e. The molecule has 1 amide bonds. The number of aromatic nitrogens is 2. The van der Waals surface area contributed by atoms with Crippen molar-refractivity contribution in [2.45, 2.75) is 13.0 Å². The van der Waals surface area contributed by atoms with Gasteiger partial charge in [0.05, 0.1) is 18.0 Å². The lowest BCUT2D eigenvalue weighted by atomic mass is 10.1. The molecule has 0 saturated carbocycles. The van der Waals surface area contributed by atoms with E-state index in [9.17, 15) is 14.4 Å². The zero-order valence-electron chi connectivity index (χ0n) is 18.0. The molecule has 0 bridgehead atoms. The van der Waals surface area contributed by atoms with E-state index in [2.05, 4.69) is 10.4 Å². The fourth-order valence-corrected chi connectivity index (χ4v) is 3.41. The first-order valence-electron chi connectivity index (χ1n) is 10.2. The fourth-order valence-electron chi connectivity index (χ4n) is 3.41. The van der Waals surface area contributed by atoms with Gasteiger partial charge in [0.25, 0.3) is 11.5 Å². The molecule has 3 aromatic carbocycles. The molecule has 4 rings (SSSR count). The van der Waals surface area contributed by atoms with E-state index in [4.69, 9.17) is 9.47 Å². The maximum absolute atomic E-state index is 13.3. The van der Waals surface area contributed by atoms with E-state index >= 15 is 0 Å². The van der Waals surface area contributed by atoms with Crippen LogP contribution in [0.25, 0.3) is 22.3 Å². The predicted octanol–water partition coefficient (Wildman–Crippen LogP) is 3.45. The molecule has 1 N–H and O–H groups in total. The Morgan fingerprint density at radius 3 is 2.27 bits per heavy atom. The molecule has 166 valence electrons. The van der Waals surface area contributed by atoms with Crippen LogP contribution in [-0.2, 0) is 14.3 Å². The largest absolute Gasteiger partial charge is 0.497 e. The smallest absolute Gasteiger partial charge is 0.303 e. The first kappa shape index (κ1) is 21.8. The zero-order valence-corrected chi connectivity index (χ0v) is 18.0. The molecular formula is C25H21N3O5. The standard InChI is InChI=1S/C25H21N3O5/c1-16(29)33-22(17-8-4-3-5-9-17)24(30)27-28-23(18-12-14-19(32-2)15-13-18)26-21-11-7-6-10-20(21)25(28)31/h3-15,22H,1-2H3,(H,27,30)/t22-/m0/s1. The highest BCUT2D eigenvalue weighted by molar-refractivity contribution is 5.91. The van der Waals surface area contributed by atoms with Gasteiger partial charge in [-0.05, 0) is 36.4 Å². The summed E-state index contributed by atoms with van der Waals surface area (Å²) in [5, 5.41) is 0.332. The van der Waals surface area contributed by atoms with Gasteiger partial charge in [-0.2, -0.15) is 4.68 Å². The lowest BCUT2D eigenvalue weighted by molar-refractivity contribution is -0.152. The Morgan fingerprint density at radius 2 is 1.61 bits per heavy atom. The van der Waals surface area contributed by atoms with Crippen molar-refractivity contribution in [3.63, 3.8) is 0 Å². The monoisotopic (exact) mass is 443 g/mol. The number of hydrogen-bond donors (Lipinski definition) is 1. The third kappa shape index (κ3) is 4.59. The number of benzene rings is 3. The van der Waals surface area contributed by atoms with E-state index in [1.807, 2.05) is 0 Å². The fraction of sp³-hybridized carbons (Fsp3) is 0.120. The second-order valence-corrected chi connectivity index (χ2v) is 7.20. The number of nitrogens with one attached hydrogen (secondary N) is 1. The Morgan fingerprint density at radius 1 is 0.939 bits per heavy atom. The second kappa shape index (κ2) is 9.35. The lowest BCUT2D eigenvalue weighted by Gasteiger charge is -2.20. The molecule has 0 fully saturated rings. The summed E-state index contributed by atoms with van der Waals surface area (Å²) >= 11 is 0. The van der Waals surface area contributed by atoms with Gasteiger partial charge in [0.2, 0.25) is 6.10 Å². The van der Waals surface area contributed by atoms with Gasteiger partial charge in [-0.3, -0.25) is 19.8 Å². The second-order valence-electron chi connectivity index (χ2n) is 7.20. The van der Waals surface area contributed by atoms with Gasteiger partial charge < -0.3 is 9.47 Å². The highest BCUT2D eigenvalue weighted by Crippen LogP contribution is 2.23. The van der Waals surface area contributed by atoms with Crippen molar-refractivity contribution < 1.29 is 19.1 Å². The molecule has 8 heteroatoms. The molecular weight excluding hydrogens is 422 g/mol. The molecule has 0 spiro atoms. The van der Waals surface area contributed by atoms with Crippen LogP contribution < -0.4 is 15.7 Å². The van der Waals surface area contributed by atoms with Crippen molar-refractivity contribution in [2.24, 2.45) is 0 Å². The average Bonchev–Trinajstić information content (AvgIpc) is 2.84. The number of fused-ring (bicyclic) bond motifs is 1. The quantitative estimate of drug-likeness (QED) is 0.458. The summed E-state index contributed by atoms with van der Waals surface area (Å²) in [6.45, 7) is 1.22. The molecule has 33 heavy (non-hydrogen) atoms. The van der Waals surface area contributed by atoms with Crippen LogP contribution in [0.3, 0.4) is 0 Å². The van der Waals surface area contributed by atoms with Gasteiger partial charge in [0.15, 0.2) is 5.82 Å². The van der Waals surface area contributed by atoms with Crippen LogP contribution in [0.5, 0.6) is 5.75 Å². The molecule has 0 unspecified atom stereocenters. The van der Waals surface area contributed by atoms with Crippen LogP contribution in [0.1, 0.15) is 18.6 Å². The van der Waals surface area contributed by atoms with Crippen LogP contribution in [0.2, 0.25) is 0 Å². The number of amides is 1. The SMILES string of the molecule is COc1ccc(-c2nc3ccccc3c(=O)n2NC(=O)[C@@H](OC(C)=O)c2ccccc2)cc1. The Labute approximate surface area is 189 Å². The number of nitrogens with zero attached hydrogens (tertiary/aromatic N) is 2. The molecule has 1 heterocycles. The van der Waals surface area contributed by atoms with Gasteiger partial charge in [0, 0.05) is 18.1 Å². The molecule has 0 saturated heterocycles. The maximum atomic E-state index is 13.3. The van der Waals surface area contributed by atoms with Crippen molar-refractivity contribution in [3.8, 4) is 17.1 Å².